The van der Waals surface area contributed by atoms with Crippen molar-refractivity contribution in [2.24, 2.45) is 23.2 Å². The summed E-state index contributed by atoms with van der Waals surface area (Å²) in [6, 6.07) is 0. The van der Waals surface area contributed by atoms with Crippen LogP contribution in [0.4, 0.5) is 0 Å². The standard InChI is InChI=1S/C23H35NO2/c1-16-7-6-11-23(2)14-21-18(13-20(16)23)19(22(25)26-21)15-24-12-10-17-8-4-3-5-9-17/h8,18-21,24H,1,3-7,9-15H2,2H3/t18-,19-,20-,21+,23-/m0/s1. The summed E-state index contributed by atoms with van der Waals surface area (Å²) in [6.45, 7) is 8.55. The van der Waals surface area contributed by atoms with E-state index in [2.05, 4.69) is 24.9 Å². The Kier molecular flexibility index (Phi) is 5.27. The van der Waals surface area contributed by atoms with Crippen molar-refractivity contribution in [3.05, 3.63) is 23.8 Å². The SMILES string of the molecule is C=C1CCC[C@@]2(C)C[C@H]3OC(=O)[C@@H](CNCCC4=CCCCC4)[C@@H]3C[C@@H]12. The van der Waals surface area contributed by atoms with Crippen LogP contribution in [0.5, 0.6) is 0 Å². The lowest BCUT2D eigenvalue weighted by Crippen LogP contribution is -2.45. The van der Waals surface area contributed by atoms with E-state index in [0.29, 0.717) is 17.3 Å². The summed E-state index contributed by atoms with van der Waals surface area (Å²) >= 11 is 0. The third kappa shape index (κ3) is 3.52. The van der Waals surface area contributed by atoms with Crippen LogP contribution in [0.15, 0.2) is 23.8 Å². The van der Waals surface area contributed by atoms with E-state index in [1.165, 1.54) is 50.5 Å². The maximum Gasteiger partial charge on any atom is 0.310 e. The molecule has 3 fully saturated rings. The Morgan fingerprint density at radius 1 is 1.31 bits per heavy atom. The van der Waals surface area contributed by atoms with E-state index in [0.717, 1.165) is 32.4 Å². The van der Waals surface area contributed by atoms with Gasteiger partial charge in [0.2, 0.25) is 0 Å². The molecule has 26 heavy (non-hydrogen) atoms. The molecule has 0 aromatic heterocycles. The minimum absolute atomic E-state index is 0.0391. The lowest BCUT2D eigenvalue weighted by Gasteiger charge is -2.50. The van der Waals surface area contributed by atoms with Gasteiger partial charge in [0.1, 0.15) is 6.10 Å². The van der Waals surface area contributed by atoms with Gasteiger partial charge in [-0.25, -0.2) is 0 Å². The number of carbonyl (C=O) groups excluding carboxylic acids is 1. The number of fused-ring (bicyclic) bond motifs is 2. The van der Waals surface area contributed by atoms with Gasteiger partial charge in [0, 0.05) is 12.5 Å². The molecule has 0 aromatic carbocycles. The summed E-state index contributed by atoms with van der Waals surface area (Å²) < 4.78 is 5.85. The molecule has 0 bridgehead atoms. The first kappa shape index (κ1) is 18.3. The first-order valence-corrected chi connectivity index (χ1v) is 10.8. The molecule has 5 atom stereocenters. The second-order valence-electron chi connectivity index (χ2n) is 9.47. The summed E-state index contributed by atoms with van der Waals surface area (Å²) in [7, 11) is 0. The minimum atomic E-state index is 0.0391. The average molecular weight is 358 g/mol. The van der Waals surface area contributed by atoms with Crippen LogP contribution in [0.2, 0.25) is 0 Å². The molecule has 4 rings (SSSR count). The van der Waals surface area contributed by atoms with E-state index < -0.39 is 0 Å². The fourth-order valence-electron chi connectivity index (χ4n) is 6.13. The molecular formula is C23H35NO2. The van der Waals surface area contributed by atoms with E-state index >= 15 is 0 Å². The van der Waals surface area contributed by atoms with E-state index in [9.17, 15) is 4.79 Å². The van der Waals surface area contributed by atoms with Crippen molar-refractivity contribution in [1.29, 1.82) is 0 Å². The molecule has 144 valence electrons. The van der Waals surface area contributed by atoms with Crippen molar-refractivity contribution in [3.8, 4) is 0 Å². The zero-order chi connectivity index (χ0) is 18.1. The summed E-state index contributed by atoms with van der Waals surface area (Å²) in [4.78, 5) is 12.5. The molecule has 0 amide bonds. The van der Waals surface area contributed by atoms with Gasteiger partial charge in [-0.15, -0.1) is 0 Å². The summed E-state index contributed by atoms with van der Waals surface area (Å²) in [5, 5.41) is 3.57. The largest absolute Gasteiger partial charge is 0.462 e. The normalized spacial score (nSPS) is 39.8. The zero-order valence-corrected chi connectivity index (χ0v) is 16.4. The lowest BCUT2D eigenvalue weighted by atomic mass is 9.55. The number of allylic oxidation sites excluding steroid dienone is 2. The Morgan fingerprint density at radius 3 is 3.00 bits per heavy atom. The summed E-state index contributed by atoms with van der Waals surface area (Å²) in [5.74, 6) is 1.05. The molecule has 3 heteroatoms. The molecule has 1 saturated heterocycles. The van der Waals surface area contributed by atoms with Crippen LogP contribution < -0.4 is 5.32 Å². The highest BCUT2D eigenvalue weighted by molar-refractivity contribution is 5.75. The first-order valence-electron chi connectivity index (χ1n) is 10.8. The molecule has 0 aromatic rings. The number of hydrogen-bond donors (Lipinski definition) is 1. The van der Waals surface area contributed by atoms with Crippen molar-refractivity contribution < 1.29 is 9.53 Å². The predicted molar refractivity (Wildman–Crippen MR) is 105 cm³/mol. The highest BCUT2D eigenvalue weighted by Crippen LogP contribution is 2.56. The van der Waals surface area contributed by atoms with Gasteiger partial charge in [-0.2, -0.15) is 0 Å². The molecule has 3 nitrogen and oxygen atoms in total. The number of esters is 1. The van der Waals surface area contributed by atoms with Gasteiger partial charge in [-0.1, -0.05) is 30.7 Å². The maximum atomic E-state index is 12.5. The lowest BCUT2D eigenvalue weighted by molar-refractivity contribution is -0.146. The van der Waals surface area contributed by atoms with E-state index in [1.54, 1.807) is 5.57 Å². The topological polar surface area (TPSA) is 38.3 Å². The van der Waals surface area contributed by atoms with Crippen LogP contribution in [-0.4, -0.2) is 25.2 Å². The molecule has 3 aliphatic carbocycles. The Bertz CT molecular complexity index is 595. The smallest absolute Gasteiger partial charge is 0.310 e. The third-order valence-corrected chi connectivity index (χ3v) is 7.69. The van der Waals surface area contributed by atoms with Crippen molar-refractivity contribution in [2.75, 3.05) is 13.1 Å². The Hall–Kier alpha value is -1.09. The third-order valence-electron chi connectivity index (χ3n) is 7.69. The zero-order valence-electron chi connectivity index (χ0n) is 16.4. The van der Waals surface area contributed by atoms with Gasteiger partial charge in [-0.3, -0.25) is 4.79 Å². The van der Waals surface area contributed by atoms with E-state index in [1.807, 2.05) is 0 Å². The maximum absolute atomic E-state index is 12.5. The number of rotatable bonds is 5. The van der Waals surface area contributed by atoms with Crippen LogP contribution in [-0.2, 0) is 9.53 Å². The number of ether oxygens (including phenoxy) is 1. The number of hydrogen-bond acceptors (Lipinski definition) is 3. The van der Waals surface area contributed by atoms with Crippen LogP contribution in [0.1, 0.15) is 71.1 Å². The highest BCUT2D eigenvalue weighted by atomic mass is 16.6. The fraction of sp³-hybridized carbons (Fsp3) is 0.783. The van der Waals surface area contributed by atoms with Crippen molar-refractivity contribution in [3.63, 3.8) is 0 Å². The predicted octanol–water partition coefficient (Wildman–Crippen LogP) is 4.78. The van der Waals surface area contributed by atoms with Crippen LogP contribution in [0.25, 0.3) is 0 Å². The Balaban J connectivity index is 1.33. The molecule has 2 saturated carbocycles. The van der Waals surface area contributed by atoms with Gasteiger partial charge in [0.15, 0.2) is 0 Å². The summed E-state index contributed by atoms with van der Waals surface area (Å²) in [6.07, 6.45) is 14.7. The van der Waals surface area contributed by atoms with Gasteiger partial charge in [0.25, 0.3) is 0 Å². The molecule has 1 heterocycles. The van der Waals surface area contributed by atoms with Crippen LogP contribution >= 0.6 is 0 Å². The Labute approximate surface area is 158 Å². The quantitative estimate of drug-likeness (QED) is 0.437. The van der Waals surface area contributed by atoms with Crippen LogP contribution in [0, 0.1) is 23.2 Å². The van der Waals surface area contributed by atoms with Crippen LogP contribution in [0.3, 0.4) is 0 Å². The van der Waals surface area contributed by atoms with E-state index in [-0.39, 0.29) is 18.0 Å². The first-order chi connectivity index (χ1) is 12.6. The second kappa shape index (κ2) is 7.50. The molecule has 0 radical (unpaired) electrons. The number of carbonyl (C=O) groups is 1. The average Bonchev–Trinajstić information content (AvgIpc) is 2.92. The second-order valence-corrected chi connectivity index (χ2v) is 9.47. The Morgan fingerprint density at radius 2 is 2.19 bits per heavy atom. The molecule has 4 aliphatic rings. The van der Waals surface area contributed by atoms with Gasteiger partial charge in [-0.05, 0) is 82.1 Å². The van der Waals surface area contributed by atoms with Gasteiger partial charge >= 0.3 is 5.97 Å². The molecular weight excluding hydrogens is 322 g/mol. The van der Waals surface area contributed by atoms with E-state index in [4.69, 9.17) is 4.74 Å². The highest BCUT2D eigenvalue weighted by Gasteiger charge is 2.54. The monoisotopic (exact) mass is 357 g/mol. The van der Waals surface area contributed by atoms with Crippen molar-refractivity contribution >= 4 is 5.97 Å². The van der Waals surface area contributed by atoms with Gasteiger partial charge < -0.3 is 10.1 Å². The molecule has 0 spiro atoms. The number of nitrogens with one attached hydrogen (secondary N) is 1. The molecule has 1 aliphatic heterocycles. The minimum Gasteiger partial charge on any atom is -0.462 e. The molecule has 1 N–H and O–H groups in total. The molecule has 0 unspecified atom stereocenters. The van der Waals surface area contributed by atoms with Crippen molar-refractivity contribution in [2.45, 2.75) is 77.2 Å². The van der Waals surface area contributed by atoms with Gasteiger partial charge in [0.05, 0.1) is 5.92 Å². The fourth-order valence-corrected chi connectivity index (χ4v) is 6.13. The van der Waals surface area contributed by atoms with Crippen molar-refractivity contribution in [1.82, 2.24) is 5.32 Å². The summed E-state index contributed by atoms with van der Waals surface area (Å²) in [5.41, 5.74) is 3.32.